The van der Waals surface area contributed by atoms with Gasteiger partial charge in [-0.1, -0.05) is 33.6 Å². The summed E-state index contributed by atoms with van der Waals surface area (Å²) in [5.74, 6) is -0.239. The lowest BCUT2D eigenvalue weighted by Crippen LogP contribution is -1.97. The molecule has 0 saturated carbocycles. The first kappa shape index (κ1) is 13.9. The van der Waals surface area contributed by atoms with Crippen molar-refractivity contribution < 1.29 is 9.13 Å². The van der Waals surface area contributed by atoms with Crippen LogP contribution in [-0.2, 0) is 6.61 Å². The number of benzene rings is 2. The molecule has 0 unspecified atom stereocenters. The minimum Gasteiger partial charge on any atom is -0.489 e. The van der Waals surface area contributed by atoms with Crippen molar-refractivity contribution >= 4 is 27.5 Å². The van der Waals surface area contributed by atoms with Gasteiger partial charge in [0.2, 0.25) is 0 Å². The van der Waals surface area contributed by atoms with Crippen LogP contribution in [0.15, 0.2) is 40.9 Å². The Hall–Kier alpha value is -1.57. The van der Waals surface area contributed by atoms with Gasteiger partial charge in [0, 0.05) is 21.1 Å². The van der Waals surface area contributed by atoms with Crippen LogP contribution in [-0.4, -0.2) is 0 Å². The van der Waals surface area contributed by atoms with Crippen molar-refractivity contribution in [1.29, 1.82) is 5.26 Å². The van der Waals surface area contributed by atoms with E-state index in [1.54, 1.807) is 18.2 Å². The van der Waals surface area contributed by atoms with E-state index < -0.39 is 5.82 Å². The van der Waals surface area contributed by atoms with Gasteiger partial charge in [0.15, 0.2) is 0 Å². The third-order valence-electron chi connectivity index (χ3n) is 2.47. The average Bonchev–Trinajstić information content (AvgIpc) is 2.38. The molecular weight excluding hydrogens is 333 g/mol. The molecule has 0 saturated heterocycles. The second kappa shape index (κ2) is 6.05. The summed E-state index contributed by atoms with van der Waals surface area (Å²) in [5, 5.41) is 9.20. The Balaban J connectivity index is 2.10. The van der Waals surface area contributed by atoms with Crippen LogP contribution in [0.4, 0.5) is 4.39 Å². The first-order chi connectivity index (χ1) is 9.10. The highest BCUT2D eigenvalue weighted by atomic mass is 79.9. The number of rotatable bonds is 3. The fourth-order valence-corrected chi connectivity index (χ4v) is 2.20. The average molecular weight is 341 g/mol. The van der Waals surface area contributed by atoms with Gasteiger partial charge >= 0.3 is 0 Å². The van der Waals surface area contributed by atoms with E-state index in [-0.39, 0.29) is 12.2 Å². The highest BCUT2D eigenvalue weighted by Gasteiger charge is 2.05. The largest absolute Gasteiger partial charge is 0.489 e. The molecule has 0 bridgehead atoms. The van der Waals surface area contributed by atoms with Gasteiger partial charge in [0.1, 0.15) is 24.2 Å². The number of ether oxygens (including phenoxy) is 1. The van der Waals surface area contributed by atoms with Crippen molar-refractivity contribution in [3.8, 4) is 11.8 Å². The molecule has 0 radical (unpaired) electrons. The molecule has 2 aromatic carbocycles. The van der Waals surface area contributed by atoms with Gasteiger partial charge in [-0.3, -0.25) is 0 Å². The van der Waals surface area contributed by atoms with Gasteiger partial charge in [0.05, 0.1) is 5.56 Å². The maximum Gasteiger partial charge on any atom is 0.144 e. The van der Waals surface area contributed by atoms with Gasteiger partial charge in [-0.2, -0.15) is 5.26 Å². The zero-order valence-corrected chi connectivity index (χ0v) is 12.0. The van der Waals surface area contributed by atoms with Crippen molar-refractivity contribution in [1.82, 2.24) is 0 Å². The predicted octanol–water partition coefficient (Wildman–Crippen LogP) is 4.69. The molecule has 0 aliphatic carbocycles. The minimum absolute atomic E-state index is 0.00553. The Labute approximate surface area is 123 Å². The fourth-order valence-electron chi connectivity index (χ4n) is 1.48. The molecule has 0 fully saturated rings. The topological polar surface area (TPSA) is 33.0 Å². The lowest BCUT2D eigenvalue weighted by Gasteiger charge is -2.08. The van der Waals surface area contributed by atoms with Crippen LogP contribution >= 0.6 is 27.5 Å². The molecule has 2 nitrogen and oxygen atoms in total. The molecule has 0 aromatic heterocycles. The predicted molar refractivity (Wildman–Crippen MR) is 74.6 cm³/mol. The SMILES string of the molecule is N#Cc1ccc(OCc2ccc(Br)cc2Cl)cc1F. The van der Waals surface area contributed by atoms with Crippen LogP contribution in [0.1, 0.15) is 11.1 Å². The molecule has 2 aromatic rings. The number of hydrogen-bond acceptors (Lipinski definition) is 2. The molecule has 5 heteroatoms. The zero-order valence-electron chi connectivity index (χ0n) is 9.66. The summed E-state index contributed by atoms with van der Waals surface area (Å²) in [7, 11) is 0. The summed E-state index contributed by atoms with van der Waals surface area (Å²) in [6.07, 6.45) is 0. The molecule has 0 aliphatic heterocycles. The maximum absolute atomic E-state index is 13.4. The highest BCUT2D eigenvalue weighted by molar-refractivity contribution is 9.10. The third-order valence-corrected chi connectivity index (χ3v) is 3.32. The second-order valence-corrected chi connectivity index (χ2v) is 5.10. The molecule has 0 N–H and O–H groups in total. The van der Waals surface area contributed by atoms with Crippen LogP contribution in [0.2, 0.25) is 5.02 Å². The first-order valence-corrected chi connectivity index (χ1v) is 6.53. The Kier molecular flexibility index (Phi) is 4.41. The van der Waals surface area contributed by atoms with E-state index >= 15 is 0 Å². The summed E-state index contributed by atoms with van der Waals surface area (Å²) >= 11 is 9.36. The van der Waals surface area contributed by atoms with Crippen LogP contribution in [0.3, 0.4) is 0 Å². The summed E-state index contributed by atoms with van der Waals surface area (Å²) < 4.78 is 19.7. The molecule has 96 valence electrons. The standard InChI is InChI=1S/C14H8BrClFNO/c15-11-3-1-10(13(16)5-11)8-19-12-4-2-9(7-18)14(17)6-12/h1-6H,8H2. The molecule has 0 spiro atoms. The highest BCUT2D eigenvalue weighted by Crippen LogP contribution is 2.23. The van der Waals surface area contributed by atoms with Crippen LogP contribution in [0, 0.1) is 17.1 Å². The van der Waals surface area contributed by atoms with E-state index in [2.05, 4.69) is 15.9 Å². The number of nitriles is 1. The van der Waals surface area contributed by atoms with Crippen molar-refractivity contribution in [2.45, 2.75) is 6.61 Å². The van der Waals surface area contributed by atoms with E-state index in [9.17, 15) is 4.39 Å². The van der Waals surface area contributed by atoms with Gasteiger partial charge < -0.3 is 4.74 Å². The van der Waals surface area contributed by atoms with Crippen LogP contribution in [0.25, 0.3) is 0 Å². The summed E-state index contributed by atoms with van der Waals surface area (Å²) in [5.41, 5.74) is 0.795. The van der Waals surface area contributed by atoms with Crippen LogP contribution in [0.5, 0.6) is 5.75 Å². The number of hydrogen-bond donors (Lipinski definition) is 0. The van der Waals surface area contributed by atoms with Gasteiger partial charge in [-0.15, -0.1) is 0 Å². The van der Waals surface area contributed by atoms with E-state index in [1.165, 1.54) is 12.1 Å². The molecule has 19 heavy (non-hydrogen) atoms. The molecule has 0 amide bonds. The van der Waals surface area contributed by atoms with E-state index in [0.717, 1.165) is 10.0 Å². The maximum atomic E-state index is 13.4. The van der Waals surface area contributed by atoms with E-state index in [1.807, 2.05) is 12.1 Å². The van der Waals surface area contributed by atoms with E-state index in [0.29, 0.717) is 10.8 Å². The lowest BCUT2D eigenvalue weighted by molar-refractivity contribution is 0.304. The Morgan fingerprint density at radius 2 is 2.05 bits per heavy atom. The van der Waals surface area contributed by atoms with Crippen molar-refractivity contribution in [2.75, 3.05) is 0 Å². The van der Waals surface area contributed by atoms with Gasteiger partial charge in [-0.05, 0) is 24.3 Å². The van der Waals surface area contributed by atoms with Crippen molar-refractivity contribution in [2.24, 2.45) is 0 Å². The molecule has 2 rings (SSSR count). The number of nitrogens with zero attached hydrogens (tertiary/aromatic N) is 1. The van der Waals surface area contributed by atoms with Gasteiger partial charge in [0.25, 0.3) is 0 Å². The Bertz CT molecular complexity index is 654. The van der Waals surface area contributed by atoms with Crippen molar-refractivity contribution in [3.63, 3.8) is 0 Å². The van der Waals surface area contributed by atoms with Crippen LogP contribution < -0.4 is 4.74 Å². The number of halogens is 3. The van der Waals surface area contributed by atoms with Gasteiger partial charge in [-0.25, -0.2) is 4.39 Å². The minimum atomic E-state index is -0.595. The smallest absolute Gasteiger partial charge is 0.144 e. The molecule has 0 atom stereocenters. The fraction of sp³-hybridized carbons (Fsp3) is 0.0714. The van der Waals surface area contributed by atoms with E-state index in [4.69, 9.17) is 21.6 Å². The lowest BCUT2D eigenvalue weighted by atomic mass is 10.2. The quantitative estimate of drug-likeness (QED) is 0.812. The summed E-state index contributed by atoms with van der Waals surface area (Å²) in [6.45, 7) is 0.234. The second-order valence-electron chi connectivity index (χ2n) is 3.78. The van der Waals surface area contributed by atoms with Crippen molar-refractivity contribution in [3.05, 3.63) is 62.8 Å². The zero-order chi connectivity index (χ0) is 13.8. The third kappa shape index (κ3) is 3.46. The first-order valence-electron chi connectivity index (χ1n) is 5.36. The summed E-state index contributed by atoms with van der Waals surface area (Å²) in [4.78, 5) is 0. The Morgan fingerprint density at radius 1 is 1.26 bits per heavy atom. The normalized spacial score (nSPS) is 10.0. The molecule has 0 heterocycles. The Morgan fingerprint density at radius 3 is 2.68 bits per heavy atom. The molecular formula is C14H8BrClFNO. The summed E-state index contributed by atoms with van der Waals surface area (Å²) in [6, 6.07) is 11.3. The monoisotopic (exact) mass is 339 g/mol. The molecule has 0 aliphatic rings.